The van der Waals surface area contributed by atoms with Crippen molar-refractivity contribution in [3.05, 3.63) is 17.7 Å². The number of H-pyrrole nitrogens is 1. The van der Waals surface area contributed by atoms with Gasteiger partial charge in [-0.05, 0) is 13.8 Å². The second-order valence-corrected chi connectivity index (χ2v) is 5.10. The summed E-state index contributed by atoms with van der Waals surface area (Å²) >= 11 is 0. The topological polar surface area (TPSA) is 87.3 Å². The lowest BCUT2D eigenvalue weighted by molar-refractivity contribution is -0.149. The predicted molar refractivity (Wildman–Crippen MR) is 71.8 cm³/mol. The molecule has 1 atom stereocenters. The van der Waals surface area contributed by atoms with Crippen LogP contribution in [0.3, 0.4) is 0 Å². The van der Waals surface area contributed by atoms with Gasteiger partial charge in [-0.1, -0.05) is 0 Å². The second-order valence-electron chi connectivity index (χ2n) is 5.10. The van der Waals surface area contributed by atoms with Crippen molar-refractivity contribution in [3.63, 3.8) is 0 Å². The number of nitrogens with one attached hydrogen (secondary N) is 2. The number of ether oxygens (including phenoxy) is 1. The molecule has 110 valence electrons. The van der Waals surface area contributed by atoms with E-state index in [2.05, 4.69) is 20.0 Å². The highest BCUT2D eigenvalue weighted by atomic mass is 16.5. The molecule has 0 bridgehead atoms. The van der Waals surface area contributed by atoms with Crippen molar-refractivity contribution in [1.82, 2.24) is 20.2 Å². The van der Waals surface area contributed by atoms with E-state index in [0.29, 0.717) is 13.0 Å². The Bertz CT molecular complexity index is 498. The summed E-state index contributed by atoms with van der Waals surface area (Å²) in [5.41, 5.74) is 1.92. The van der Waals surface area contributed by atoms with Crippen LogP contribution >= 0.6 is 0 Å². The maximum absolute atomic E-state index is 12.5. The molecule has 0 radical (unpaired) electrons. The van der Waals surface area contributed by atoms with Gasteiger partial charge < -0.3 is 14.6 Å². The van der Waals surface area contributed by atoms with Crippen molar-refractivity contribution < 1.29 is 14.3 Å². The molecule has 1 aliphatic rings. The predicted octanol–water partition coefficient (Wildman–Crippen LogP) is -0.166. The van der Waals surface area contributed by atoms with E-state index in [1.165, 1.54) is 12.0 Å². The van der Waals surface area contributed by atoms with Crippen LogP contribution in [0.4, 0.5) is 0 Å². The number of fused-ring (bicyclic) bond motifs is 1. The van der Waals surface area contributed by atoms with Gasteiger partial charge in [-0.2, -0.15) is 0 Å². The van der Waals surface area contributed by atoms with Crippen molar-refractivity contribution >= 4 is 11.9 Å². The highest BCUT2D eigenvalue weighted by molar-refractivity contribution is 5.86. The van der Waals surface area contributed by atoms with Crippen LogP contribution in [0.1, 0.15) is 25.2 Å². The van der Waals surface area contributed by atoms with Crippen LogP contribution in [-0.4, -0.2) is 52.5 Å². The largest absolute Gasteiger partial charge is 0.468 e. The summed E-state index contributed by atoms with van der Waals surface area (Å²) in [5.74, 6) is -0.512. The Morgan fingerprint density at radius 3 is 2.95 bits per heavy atom. The number of carbonyl (C=O) groups is 2. The van der Waals surface area contributed by atoms with Crippen molar-refractivity contribution in [2.45, 2.75) is 38.9 Å². The van der Waals surface area contributed by atoms with Gasteiger partial charge in [0.1, 0.15) is 6.54 Å². The molecule has 0 spiro atoms. The first-order valence-corrected chi connectivity index (χ1v) is 6.64. The average Bonchev–Trinajstić information content (AvgIpc) is 2.90. The normalized spacial score (nSPS) is 17.7. The number of amides is 1. The van der Waals surface area contributed by atoms with Crippen LogP contribution in [0.25, 0.3) is 0 Å². The number of aromatic amines is 1. The van der Waals surface area contributed by atoms with Crippen LogP contribution in [0.5, 0.6) is 0 Å². The first kappa shape index (κ1) is 14.5. The minimum Gasteiger partial charge on any atom is -0.468 e. The summed E-state index contributed by atoms with van der Waals surface area (Å²) in [6.07, 6.45) is 2.16. The number of carbonyl (C=O) groups excluding carboxylic acids is 2. The molecule has 7 heteroatoms. The molecule has 2 heterocycles. The van der Waals surface area contributed by atoms with Crippen molar-refractivity contribution in [2.24, 2.45) is 0 Å². The molecule has 1 amide bonds. The second kappa shape index (κ2) is 6.04. The Morgan fingerprint density at radius 1 is 1.55 bits per heavy atom. The number of hydrogen-bond donors (Lipinski definition) is 2. The van der Waals surface area contributed by atoms with Gasteiger partial charge in [-0.15, -0.1) is 0 Å². The van der Waals surface area contributed by atoms with Gasteiger partial charge in [0.05, 0.1) is 30.9 Å². The van der Waals surface area contributed by atoms with E-state index in [4.69, 9.17) is 0 Å². The number of methoxy groups -OCH3 is 1. The molecule has 1 unspecified atom stereocenters. The monoisotopic (exact) mass is 280 g/mol. The van der Waals surface area contributed by atoms with Crippen LogP contribution in [0, 0.1) is 0 Å². The third kappa shape index (κ3) is 2.98. The smallest absolute Gasteiger partial charge is 0.325 e. The fraction of sp³-hybridized carbons (Fsp3) is 0.615. The Hall–Kier alpha value is -1.89. The summed E-state index contributed by atoms with van der Waals surface area (Å²) in [6.45, 7) is 4.31. The Morgan fingerprint density at radius 2 is 2.30 bits per heavy atom. The first-order chi connectivity index (χ1) is 9.52. The SMILES string of the molecule is COC(=O)CN(C(=O)C1Cc2nc[nH]c2CN1)C(C)C. The minimum atomic E-state index is -0.414. The van der Waals surface area contributed by atoms with Crippen LogP contribution in [0.2, 0.25) is 0 Å². The molecule has 7 nitrogen and oxygen atoms in total. The lowest BCUT2D eigenvalue weighted by Crippen LogP contribution is -2.53. The van der Waals surface area contributed by atoms with Crippen LogP contribution in [0.15, 0.2) is 6.33 Å². The fourth-order valence-corrected chi connectivity index (χ4v) is 2.26. The third-order valence-corrected chi connectivity index (χ3v) is 3.46. The molecule has 0 aliphatic carbocycles. The maximum Gasteiger partial charge on any atom is 0.325 e. The lowest BCUT2D eigenvalue weighted by Gasteiger charge is -2.31. The third-order valence-electron chi connectivity index (χ3n) is 3.46. The van der Waals surface area contributed by atoms with Gasteiger partial charge >= 0.3 is 5.97 Å². The molecular weight excluding hydrogens is 260 g/mol. The van der Waals surface area contributed by atoms with Gasteiger partial charge in [0.15, 0.2) is 0 Å². The molecule has 20 heavy (non-hydrogen) atoms. The zero-order chi connectivity index (χ0) is 14.7. The lowest BCUT2D eigenvalue weighted by atomic mass is 10.0. The van der Waals surface area contributed by atoms with Crippen LogP contribution in [-0.2, 0) is 27.3 Å². The maximum atomic E-state index is 12.5. The number of nitrogens with zero attached hydrogens (tertiary/aromatic N) is 2. The summed E-state index contributed by atoms with van der Waals surface area (Å²) < 4.78 is 4.64. The molecule has 0 fully saturated rings. The molecule has 0 aromatic carbocycles. The van der Waals surface area contributed by atoms with Gasteiger partial charge in [0.25, 0.3) is 0 Å². The Kier molecular flexibility index (Phi) is 4.39. The minimum absolute atomic E-state index is 0.0292. The molecule has 1 aliphatic heterocycles. The summed E-state index contributed by atoms with van der Waals surface area (Å²) in [5, 5.41) is 3.17. The van der Waals surface area contributed by atoms with Crippen LogP contribution < -0.4 is 5.32 Å². The van der Waals surface area contributed by atoms with Gasteiger partial charge in [0, 0.05) is 19.0 Å². The highest BCUT2D eigenvalue weighted by Gasteiger charge is 2.31. The molecule has 2 N–H and O–H groups in total. The Balaban J connectivity index is 2.07. The standard InChI is InChI=1S/C13H20N4O3/c1-8(2)17(6-12(18)20-3)13(19)10-4-9-11(5-14-10)16-7-15-9/h7-8,10,14H,4-6H2,1-3H3,(H,15,16). The van der Waals surface area contributed by atoms with Crippen molar-refractivity contribution in [2.75, 3.05) is 13.7 Å². The Labute approximate surface area is 117 Å². The average molecular weight is 280 g/mol. The number of imidazole rings is 1. The van der Waals surface area contributed by atoms with E-state index in [9.17, 15) is 9.59 Å². The zero-order valence-corrected chi connectivity index (χ0v) is 12.0. The number of esters is 1. The molecule has 1 aromatic rings. The van der Waals surface area contributed by atoms with E-state index in [0.717, 1.165) is 11.4 Å². The van der Waals surface area contributed by atoms with Gasteiger partial charge in [0.2, 0.25) is 5.91 Å². The highest BCUT2D eigenvalue weighted by Crippen LogP contribution is 2.15. The van der Waals surface area contributed by atoms with E-state index < -0.39 is 5.97 Å². The van der Waals surface area contributed by atoms with Gasteiger partial charge in [-0.25, -0.2) is 4.98 Å². The number of aromatic nitrogens is 2. The summed E-state index contributed by atoms with van der Waals surface area (Å²) in [7, 11) is 1.32. The number of rotatable bonds is 4. The quantitative estimate of drug-likeness (QED) is 0.748. The van der Waals surface area contributed by atoms with E-state index in [1.807, 2.05) is 13.8 Å². The molecule has 1 aromatic heterocycles. The summed E-state index contributed by atoms with van der Waals surface area (Å²) in [4.78, 5) is 32.7. The van der Waals surface area contributed by atoms with Gasteiger partial charge in [-0.3, -0.25) is 14.9 Å². The fourth-order valence-electron chi connectivity index (χ4n) is 2.26. The molecule has 0 saturated carbocycles. The van der Waals surface area contributed by atoms with E-state index in [-0.39, 0.29) is 24.5 Å². The molecule has 2 rings (SSSR count). The summed E-state index contributed by atoms with van der Waals surface area (Å²) in [6, 6.07) is -0.415. The molecule has 0 saturated heterocycles. The van der Waals surface area contributed by atoms with Crippen molar-refractivity contribution in [3.8, 4) is 0 Å². The molecular formula is C13H20N4O3. The van der Waals surface area contributed by atoms with Crippen molar-refractivity contribution in [1.29, 1.82) is 0 Å². The first-order valence-electron chi connectivity index (χ1n) is 6.64. The number of hydrogen-bond acceptors (Lipinski definition) is 5. The van der Waals surface area contributed by atoms with E-state index in [1.54, 1.807) is 6.33 Å². The van der Waals surface area contributed by atoms with E-state index >= 15 is 0 Å². The zero-order valence-electron chi connectivity index (χ0n) is 12.0.